The van der Waals surface area contributed by atoms with Crippen LogP contribution in [0.4, 0.5) is 4.79 Å². The number of nitrogens with two attached hydrogens (primary N) is 1. The monoisotopic (exact) mass is 174 g/mol. The lowest BCUT2D eigenvalue weighted by molar-refractivity contribution is -0.122. The summed E-state index contributed by atoms with van der Waals surface area (Å²) >= 11 is 0. The average Bonchev–Trinajstić information content (AvgIpc) is 1.84. The zero-order valence-corrected chi connectivity index (χ0v) is 7.26. The Morgan fingerprint density at radius 1 is 1.50 bits per heavy atom. The summed E-state index contributed by atoms with van der Waals surface area (Å²) in [4.78, 5) is 19.7. The van der Waals surface area contributed by atoms with E-state index in [1.807, 2.05) is 13.8 Å². The smallest absolute Gasteiger partial charge is 0.318 e. The van der Waals surface area contributed by atoms with E-state index in [4.69, 9.17) is 5.11 Å². The van der Waals surface area contributed by atoms with Crippen LogP contribution in [-0.2, 0) is 4.79 Å². The topological polar surface area (TPSA) is 92.4 Å². The van der Waals surface area contributed by atoms with Crippen LogP contribution in [-0.4, -0.2) is 23.7 Å². The molecule has 0 rings (SSSR count). The molecule has 0 atom stereocenters. The predicted octanol–water partition coefficient (Wildman–Crippen LogP) is -0.244. The van der Waals surface area contributed by atoms with E-state index < -0.39 is 18.5 Å². The number of imide groups is 1. The van der Waals surface area contributed by atoms with Gasteiger partial charge in [-0.3, -0.25) is 10.1 Å². The van der Waals surface area contributed by atoms with Crippen molar-refractivity contribution >= 4 is 11.9 Å². The van der Waals surface area contributed by atoms with Gasteiger partial charge in [0.05, 0.1) is 0 Å². The number of hydrogen-bond donors (Lipinski definition) is 3. The van der Waals surface area contributed by atoms with Crippen LogP contribution in [0.15, 0.2) is 12.2 Å². The quantitative estimate of drug-likeness (QED) is 0.479. The van der Waals surface area contributed by atoms with Crippen molar-refractivity contribution < 1.29 is 14.7 Å². The standard InChI is InChI=1S/C4H8.C3H6N2O3/c1-4(2)3;4-3(8)5-2(7)1-6/h1H2,2-3H3;6H,1H2,(H3,4,5,7,8). The third-order valence-electron chi connectivity index (χ3n) is 0.406. The van der Waals surface area contributed by atoms with Gasteiger partial charge in [-0.2, -0.15) is 0 Å². The number of aliphatic hydroxyl groups excluding tert-OH is 1. The fourth-order valence-corrected chi connectivity index (χ4v) is 0.177. The van der Waals surface area contributed by atoms with Crippen LogP contribution in [0.3, 0.4) is 0 Å². The van der Waals surface area contributed by atoms with Crippen molar-refractivity contribution in [1.29, 1.82) is 0 Å². The zero-order chi connectivity index (χ0) is 10.1. The van der Waals surface area contributed by atoms with Gasteiger partial charge in [-0.1, -0.05) is 5.57 Å². The molecule has 0 bridgehead atoms. The van der Waals surface area contributed by atoms with E-state index >= 15 is 0 Å². The molecule has 0 saturated carbocycles. The number of primary amides is 1. The number of rotatable bonds is 1. The zero-order valence-electron chi connectivity index (χ0n) is 7.26. The van der Waals surface area contributed by atoms with Gasteiger partial charge < -0.3 is 10.8 Å². The Hall–Kier alpha value is -1.36. The lowest BCUT2D eigenvalue weighted by Crippen LogP contribution is -2.36. The normalized spacial score (nSPS) is 7.58. The summed E-state index contributed by atoms with van der Waals surface area (Å²) in [6.45, 7) is 6.78. The molecule has 0 aliphatic rings. The van der Waals surface area contributed by atoms with Gasteiger partial charge >= 0.3 is 6.03 Å². The molecule has 0 radical (unpaired) electrons. The van der Waals surface area contributed by atoms with Gasteiger partial charge in [0.25, 0.3) is 5.91 Å². The number of urea groups is 1. The van der Waals surface area contributed by atoms with Gasteiger partial charge in [-0.05, 0) is 13.8 Å². The number of amides is 3. The highest BCUT2D eigenvalue weighted by molar-refractivity contribution is 5.93. The van der Waals surface area contributed by atoms with E-state index in [2.05, 4.69) is 12.3 Å². The maximum absolute atomic E-state index is 9.96. The number of aliphatic hydroxyl groups is 1. The summed E-state index contributed by atoms with van der Waals surface area (Å²) in [6, 6.07) is -0.955. The summed E-state index contributed by atoms with van der Waals surface area (Å²) in [6.07, 6.45) is 0. The van der Waals surface area contributed by atoms with E-state index in [9.17, 15) is 9.59 Å². The molecule has 0 aromatic carbocycles. The molecule has 0 heterocycles. The highest BCUT2D eigenvalue weighted by atomic mass is 16.3. The molecule has 5 heteroatoms. The van der Waals surface area contributed by atoms with Gasteiger partial charge in [-0.25, -0.2) is 4.79 Å². The first kappa shape index (κ1) is 13.2. The Bertz CT molecular complexity index is 173. The first-order valence-corrected chi connectivity index (χ1v) is 3.22. The SMILES string of the molecule is C=C(C)C.NC(=O)NC(=O)CO. The highest BCUT2D eigenvalue weighted by Gasteiger charge is 1.98. The van der Waals surface area contributed by atoms with Crippen molar-refractivity contribution in [3.05, 3.63) is 12.2 Å². The first-order chi connectivity index (χ1) is 5.40. The first-order valence-electron chi connectivity index (χ1n) is 3.22. The van der Waals surface area contributed by atoms with E-state index in [0.29, 0.717) is 0 Å². The minimum Gasteiger partial charge on any atom is -0.387 e. The summed E-state index contributed by atoms with van der Waals surface area (Å²) in [5, 5.41) is 9.61. The van der Waals surface area contributed by atoms with Crippen LogP contribution < -0.4 is 11.1 Å². The second kappa shape index (κ2) is 7.74. The molecule has 12 heavy (non-hydrogen) atoms. The Kier molecular flexibility index (Phi) is 8.55. The molecule has 0 spiro atoms. The minimum atomic E-state index is -0.955. The molecule has 0 aromatic rings. The maximum atomic E-state index is 9.96. The van der Waals surface area contributed by atoms with Crippen molar-refractivity contribution in [2.75, 3.05) is 6.61 Å². The number of nitrogens with one attached hydrogen (secondary N) is 1. The molecule has 70 valence electrons. The second-order valence-corrected chi connectivity index (χ2v) is 2.28. The Morgan fingerprint density at radius 3 is 1.92 bits per heavy atom. The fraction of sp³-hybridized carbons (Fsp3) is 0.429. The fourth-order valence-electron chi connectivity index (χ4n) is 0.177. The largest absolute Gasteiger partial charge is 0.387 e. The number of hydrogen-bond acceptors (Lipinski definition) is 3. The molecule has 0 aliphatic carbocycles. The van der Waals surface area contributed by atoms with Crippen LogP contribution in [0.5, 0.6) is 0 Å². The molecule has 5 nitrogen and oxygen atoms in total. The second-order valence-electron chi connectivity index (χ2n) is 2.28. The molecular weight excluding hydrogens is 160 g/mol. The minimum absolute atomic E-state index is 0.719. The van der Waals surface area contributed by atoms with Crippen LogP contribution in [0, 0.1) is 0 Å². The molecule has 0 unspecified atom stereocenters. The Balaban J connectivity index is 0. The molecule has 3 amide bonds. The van der Waals surface area contributed by atoms with Gasteiger partial charge in [0.2, 0.25) is 0 Å². The Morgan fingerprint density at radius 2 is 1.83 bits per heavy atom. The van der Waals surface area contributed by atoms with E-state index in [-0.39, 0.29) is 0 Å². The van der Waals surface area contributed by atoms with Gasteiger partial charge in [-0.15, -0.1) is 6.58 Å². The summed E-state index contributed by atoms with van der Waals surface area (Å²) in [7, 11) is 0. The molecule has 4 N–H and O–H groups in total. The van der Waals surface area contributed by atoms with Crippen LogP contribution in [0.2, 0.25) is 0 Å². The van der Waals surface area contributed by atoms with Gasteiger partial charge in [0.1, 0.15) is 6.61 Å². The van der Waals surface area contributed by atoms with Crippen molar-refractivity contribution in [1.82, 2.24) is 5.32 Å². The van der Waals surface area contributed by atoms with E-state index in [1.54, 1.807) is 5.32 Å². The third-order valence-corrected chi connectivity index (χ3v) is 0.406. The van der Waals surface area contributed by atoms with Gasteiger partial charge in [0, 0.05) is 0 Å². The number of carbonyl (C=O) groups is 2. The average molecular weight is 174 g/mol. The van der Waals surface area contributed by atoms with Crippen molar-refractivity contribution in [3.8, 4) is 0 Å². The van der Waals surface area contributed by atoms with E-state index in [0.717, 1.165) is 0 Å². The molecular formula is C7H14N2O3. The van der Waals surface area contributed by atoms with E-state index in [1.165, 1.54) is 5.57 Å². The van der Waals surface area contributed by atoms with Crippen LogP contribution in [0.1, 0.15) is 13.8 Å². The summed E-state index contributed by atoms with van der Waals surface area (Å²) in [5.74, 6) is -0.794. The number of allylic oxidation sites excluding steroid dienone is 1. The van der Waals surface area contributed by atoms with Crippen LogP contribution in [0.25, 0.3) is 0 Å². The third kappa shape index (κ3) is 23.4. The van der Waals surface area contributed by atoms with Crippen molar-refractivity contribution in [2.45, 2.75) is 13.8 Å². The van der Waals surface area contributed by atoms with Gasteiger partial charge in [0.15, 0.2) is 0 Å². The summed E-state index contributed by atoms with van der Waals surface area (Å²) < 4.78 is 0. The van der Waals surface area contributed by atoms with Crippen molar-refractivity contribution in [2.24, 2.45) is 5.73 Å². The molecule has 0 saturated heterocycles. The molecule has 0 fully saturated rings. The highest BCUT2D eigenvalue weighted by Crippen LogP contribution is 1.73. The summed E-state index contributed by atoms with van der Waals surface area (Å²) in [5.41, 5.74) is 5.65. The lowest BCUT2D eigenvalue weighted by atomic mass is 10.4. The molecule has 0 aromatic heterocycles. The van der Waals surface area contributed by atoms with Crippen LogP contribution >= 0.6 is 0 Å². The molecule has 0 aliphatic heterocycles. The number of carbonyl (C=O) groups excluding carboxylic acids is 2. The Labute approximate surface area is 71.3 Å². The lowest BCUT2D eigenvalue weighted by Gasteiger charge is -1.92. The predicted molar refractivity (Wildman–Crippen MR) is 45.3 cm³/mol. The van der Waals surface area contributed by atoms with Crippen molar-refractivity contribution in [3.63, 3.8) is 0 Å². The maximum Gasteiger partial charge on any atom is 0.318 e.